The maximum absolute atomic E-state index is 12.6. The van der Waals surface area contributed by atoms with E-state index in [9.17, 15) is 13.2 Å². The largest absolute Gasteiger partial charge is 0.416 e. The standard InChI is InChI=1S/C17H18F3N/c1-12-6-7-13(2)15(8-12)11-21-10-14-4-3-5-16(9-14)17(18,19)20/h3-9,21H,10-11H2,1-2H3. The first-order valence-electron chi connectivity index (χ1n) is 6.79. The Kier molecular flexibility index (Phi) is 4.68. The highest BCUT2D eigenvalue weighted by Gasteiger charge is 2.30. The molecule has 0 saturated carbocycles. The van der Waals surface area contributed by atoms with Crippen molar-refractivity contribution < 1.29 is 13.2 Å². The van der Waals surface area contributed by atoms with Crippen LogP contribution in [0, 0.1) is 13.8 Å². The summed E-state index contributed by atoms with van der Waals surface area (Å²) >= 11 is 0. The number of nitrogens with one attached hydrogen (secondary N) is 1. The molecule has 2 aromatic carbocycles. The number of rotatable bonds is 4. The molecule has 0 spiro atoms. The molecule has 0 aromatic heterocycles. The lowest BCUT2D eigenvalue weighted by Gasteiger charge is -2.11. The summed E-state index contributed by atoms with van der Waals surface area (Å²) < 4.78 is 37.9. The minimum absolute atomic E-state index is 0.414. The van der Waals surface area contributed by atoms with Crippen molar-refractivity contribution in [2.75, 3.05) is 0 Å². The van der Waals surface area contributed by atoms with E-state index in [1.807, 2.05) is 19.9 Å². The topological polar surface area (TPSA) is 12.0 Å². The van der Waals surface area contributed by atoms with Crippen LogP contribution in [0.3, 0.4) is 0 Å². The fraction of sp³-hybridized carbons (Fsp3) is 0.294. The molecular formula is C17H18F3N. The lowest BCUT2D eigenvalue weighted by molar-refractivity contribution is -0.137. The predicted molar refractivity (Wildman–Crippen MR) is 77.9 cm³/mol. The van der Waals surface area contributed by atoms with Gasteiger partial charge < -0.3 is 5.32 Å². The van der Waals surface area contributed by atoms with E-state index in [1.54, 1.807) is 6.07 Å². The summed E-state index contributed by atoms with van der Waals surface area (Å²) in [6.07, 6.45) is -4.29. The van der Waals surface area contributed by atoms with Crippen molar-refractivity contribution in [1.29, 1.82) is 0 Å². The Balaban J connectivity index is 1.99. The average Bonchev–Trinajstić information content (AvgIpc) is 2.42. The average molecular weight is 293 g/mol. The van der Waals surface area contributed by atoms with Gasteiger partial charge in [-0.2, -0.15) is 13.2 Å². The Morgan fingerprint density at radius 2 is 1.71 bits per heavy atom. The normalized spacial score (nSPS) is 11.7. The molecule has 0 saturated heterocycles. The van der Waals surface area contributed by atoms with Gasteiger partial charge in [0.05, 0.1) is 5.56 Å². The lowest BCUT2D eigenvalue weighted by atomic mass is 10.1. The second kappa shape index (κ2) is 6.31. The number of hydrogen-bond donors (Lipinski definition) is 1. The Morgan fingerprint density at radius 1 is 0.952 bits per heavy atom. The third kappa shape index (κ3) is 4.33. The molecule has 2 rings (SSSR count). The zero-order chi connectivity index (χ0) is 15.5. The third-order valence-corrected chi connectivity index (χ3v) is 3.40. The molecule has 4 heteroatoms. The molecule has 112 valence electrons. The molecule has 1 nitrogen and oxygen atoms in total. The van der Waals surface area contributed by atoms with Gasteiger partial charge in [-0.3, -0.25) is 0 Å². The van der Waals surface area contributed by atoms with Crippen LogP contribution in [-0.4, -0.2) is 0 Å². The van der Waals surface area contributed by atoms with Gasteiger partial charge >= 0.3 is 6.18 Å². The number of aryl methyl sites for hydroxylation is 2. The van der Waals surface area contributed by atoms with E-state index in [4.69, 9.17) is 0 Å². The summed E-state index contributed by atoms with van der Waals surface area (Å²) in [5.74, 6) is 0. The van der Waals surface area contributed by atoms with Gasteiger partial charge in [0.25, 0.3) is 0 Å². The highest BCUT2D eigenvalue weighted by Crippen LogP contribution is 2.29. The van der Waals surface area contributed by atoms with Crippen LogP contribution in [0.1, 0.15) is 27.8 Å². The minimum atomic E-state index is -4.29. The van der Waals surface area contributed by atoms with Crippen molar-refractivity contribution in [1.82, 2.24) is 5.32 Å². The van der Waals surface area contributed by atoms with E-state index < -0.39 is 11.7 Å². The molecule has 0 fully saturated rings. The second-order valence-electron chi connectivity index (χ2n) is 5.23. The third-order valence-electron chi connectivity index (χ3n) is 3.40. The minimum Gasteiger partial charge on any atom is -0.309 e. The maximum Gasteiger partial charge on any atom is 0.416 e. The van der Waals surface area contributed by atoms with E-state index >= 15 is 0 Å². The lowest BCUT2D eigenvalue weighted by Crippen LogP contribution is -2.14. The van der Waals surface area contributed by atoms with E-state index in [-0.39, 0.29) is 0 Å². The van der Waals surface area contributed by atoms with Crippen LogP contribution in [0.25, 0.3) is 0 Å². The molecule has 0 amide bonds. The molecule has 0 aliphatic rings. The zero-order valence-electron chi connectivity index (χ0n) is 12.1. The quantitative estimate of drug-likeness (QED) is 0.868. The predicted octanol–water partition coefficient (Wildman–Crippen LogP) is 4.61. The highest BCUT2D eigenvalue weighted by molar-refractivity contribution is 5.30. The van der Waals surface area contributed by atoms with Crippen molar-refractivity contribution in [3.8, 4) is 0 Å². The van der Waals surface area contributed by atoms with E-state index in [2.05, 4.69) is 17.4 Å². The van der Waals surface area contributed by atoms with Gasteiger partial charge in [0.2, 0.25) is 0 Å². The van der Waals surface area contributed by atoms with E-state index in [0.29, 0.717) is 18.7 Å². The summed E-state index contributed by atoms with van der Waals surface area (Å²) in [7, 11) is 0. The monoisotopic (exact) mass is 293 g/mol. The molecule has 2 aromatic rings. The Morgan fingerprint density at radius 3 is 2.43 bits per heavy atom. The fourth-order valence-electron chi connectivity index (χ4n) is 2.19. The molecule has 0 unspecified atom stereocenters. The maximum atomic E-state index is 12.6. The van der Waals surface area contributed by atoms with Gasteiger partial charge in [0.15, 0.2) is 0 Å². The zero-order valence-corrected chi connectivity index (χ0v) is 12.1. The summed E-state index contributed by atoms with van der Waals surface area (Å²) in [6.45, 7) is 5.11. The first kappa shape index (κ1) is 15.6. The van der Waals surface area contributed by atoms with Gasteiger partial charge in [-0.25, -0.2) is 0 Å². The van der Waals surface area contributed by atoms with Crippen LogP contribution in [-0.2, 0) is 19.3 Å². The van der Waals surface area contributed by atoms with Crippen molar-refractivity contribution in [2.45, 2.75) is 33.1 Å². The van der Waals surface area contributed by atoms with Crippen LogP contribution in [0.4, 0.5) is 13.2 Å². The van der Waals surface area contributed by atoms with Crippen molar-refractivity contribution in [3.05, 3.63) is 70.3 Å². The van der Waals surface area contributed by atoms with Crippen molar-refractivity contribution >= 4 is 0 Å². The molecule has 1 N–H and O–H groups in total. The summed E-state index contributed by atoms with van der Waals surface area (Å²) in [4.78, 5) is 0. The van der Waals surface area contributed by atoms with E-state index in [0.717, 1.165) is 6.07 Å². The van der Waals surface area contributed by atoms with Gasteiger partial charge in [-0.15, -0.1) is 0 Å². The van der Waals surface area contributed by atoms with Gasteiger partial charge in [0.1, 0.15) is 0 Å². The van der Waals surface area contributed by atoms with Crippen molar-refractivity contribution in [3.63, 3.8) is 0 Å². The molecule has 0 aliphatic carbocycles. The Labute approximate surface area is 122 Å². The second-order valence-corrected chi connectivity index (χ2v) is 5.23. The molecule has 0 heterocycles. The summed E-state index contributed by atoms with van der Waals surface area (Å²) in [5, 5.41) is 3.20. The van der Waals surface area contributed by atoms with Crippen LogP contribution in [0.5, 0.6) is 0 Å². The first-order valence-corrected chi connectivity index (χ1v) is 6.79. The van der Waals surface area contributed by atoms with Crippen LogP contribution in [0.15, 0.2) is 42.5 Å². The smallest absolute Gasteiger partial charge is 0.309 e. The van der Waals surface area contributed by atoms with Crippen molar-refractivity contribution in [2.24, 2.45) is 0 Å². The molecule has 0 bridgehead atoms. The first-order chi connectivity index (χ1) is 9.86. The summed E-state index contributed by atoms with van der Waals surface area (Å²) in [5.41, 5.74) is 3.55. The SMILES string of the molecule is Cc1ccc(C)c(CNCc2cccc(C(F)(F)F)c2)c1. The number of hydrogen-bond acceptors (Lipinski definition) is 1. The Hall–Kier alpha value is -1.81. The highest BCUT2D eigenvalue weighted by atomic mass is 19.4. The molecule has 0 atom stereocenters. The van der Waals surface area contributed by atoms with Gasteiger partial charge in [-0.05, 0) is 36.6 Å². The number of halogens is 3. The van der Waals surface area contributed by atoms with Crippen LogP contribution < -0.4 is 5.32 Å². The Bertz CT molecular complexity index is 618. The fourth-order valence-corrected chi connectivity index (χ4v) is 2.19. The molecular weight excluding hydrogens is 275 g/mol. The van der Waals surface area contributed by atoms with E-state index in [1.165, 1.54) is 28.8 Å². The van der Waals surface area contributed by atoms with Gasteiger partial charge in [0, 0.05) is 13.1 Å². The number of benzene rings is 2. The summed E-state index contributed by atoms with van der Waals surface area (Å²) in [6, 6.07) is 11.6. The van der Waals surface area contributed by atoms with Crippen LogP contribution >= 0.6 is 0 Å². The van der Waals surface area contributed by atoms with Gasteiger partial charge in [-0.1, -0.05) is 42.0 Å². The molecule has 0 radical (unpaired) electrons. The number of alkyl halides is 3. The molecule has 21 heavy (non-hydrogen) atoms. The van der Waals surface area contributed by atoms with Crippen LogP contribution in [0.2, 0.25) is 0 Å². The molecule has 0 aliphatic heterocycles.